The smallest absolute Gasteiger partial charge is 0.310 e. The summed E-state index contributed by atoms with van der Waals surface area (Å²) in [6.07, 6.45) is 1.17. The molecule has 0 rings (SSSR count). The molecule has 0 saturated heterocycles. The molecule has 0 amide bonds. The van der Waals surface area contributed by atoms with Gasteiger partial charge in [-0.3, -0.25) is 0 Å². The Kier molecular flexibility index (Phi) is 405. The van der Waals surface area contributed by atoms with Crippen molar-refractivity contribution in [2.75, 3.05) is 6.16 Å². The summed E-state index contributed by atoms with van der Waals surface area (Å²) in [5.74, 6) is 0. The van der Waals surface area contributed by atoms with Gasteiger partial charge in [0.15, 0.2) is 0 Å². The number of rotatable bonds is 0. The molecule has 0 saturated carbocycles. The Morgan fingerprint density at radius 2 is 1.00 bits per heavy atom. The molecule has 2 N–H and O–H groups in total. The molecular weight excluding hydrogens is 245 g/mol. The van der Waals surface area contributed by atoms with Gasteiger partial charge in [0, 0.05) is 19.9 Å². The van der Waals surface area contributed by atoms with E-state index in [9.17, 15) is 0 Å². The Bertz CT molecular complexity index is 62.4. The lowest BCUT2D eigenvalue weighted by molar-refractivity contribution is 0.523. The van der Waals surface area contributed by atoms with Crippen molar-refractivity contribution in [1.29, 1.82) is 0 Å². The summed E-state index contributed by atoms with van der Waals surface area (Å²) >= 11 is 0. The fourth-order valence-corrected chi connectivity index (χ4v) is 0. The lowest BCUT2D eigenvalue weighted by Crippen LogP contribution is -1.33. The molecule has 13 heavy (non-hydrogen) atoms. The summed E-state index contributed by atoms with van der Waals surface area (Å²) in [6, 6.07) is 0. The van der Waals surface area contributed by atoms with Gasteiger partial charge < -0.3 is 9.79 Å². The zero-order valence-electron chi connectivity index (χ0n) is 6.52. The molecule has 0 aliphatic carbocycles. The van der Waals surface area contributed by atoms with Crippen LogP contribution in [0.4, 0.5) is 0 Å². The number of hydrogen-bond donors (Lipinski definition) is 2. The van der Waals surface area contributed by atoms with E-state index >= 15 is 0 Å². The summed E-state index contributed by atoms with van der Waals surface area (Å²) in [6.45, 7) is 2.09. The largest absolute Gasteiger partial charge is 0.324 e. The molecule has 1 unspecified atom stereocenters. The van der Waals surface area contributed by atoms with Crippen LogP contribution in [-0.2, 0) is 9.13 Å². The van der Waals surface area contributed by atoms with E-state index in [0.29, 0.717) is 0 Å². The summed E-state index contributed by atoms with van der Waals surface area (Å²) in [4.78, 5) is 42.0. The van der Waals surface area contributed by atoms with Gasteiger partial charge >= 0.3 is 17.4 Å². The molecule has 0 aliphatic heterocycles. The first-order valence-electron chi connectivity index (χ1n) is 2.21. The van der Waals surface area contributed by atoms with E-state index < -0.39 is 17.4 Å². The van der Waals surface area contributed by atoms with Crippen molar-refractivity contribution >= 4 is 26.6 Å². The van der Waals surface area contributed by atoms with E-state index in [2.05, 4.69) is 16.2 Å². The van der Waals surface area contributed by atoms with E-state index in [4.69, 9.17) is 38.8 Å². The van der Waals surface area contributed by atoms with Crippen molar-refractivity contribution in [3.63, 3.8) is 0 Å². The molecule has 0 radical (unpaired) electrons. The van der Waals surface area contributed by atoms with Crippen LogP contribution in [0, 0.1) is 19.9 Å². The van der Waals surface area contributed by atoms with Gasteiger partial charge in [-0.2, -0.15) is 0 Å². The van der Waals surface area contributed by atoms with Crippen LogP contribution < -0.4 is 0 Å². The molecule has 0 bridgehead atoms. The maximum atomic E-state index is 8.46. The Morgan fingerprint density at radius 1 is 1.00 bits per heavy atom. The maximum Gasteiger partial charge on any atom is 0.324 e. The average molecular weight is 254 g/mol. The van der Waals surface area contributed by atoms with Gasteiger partial charge in [-0.1, -0.05) is 6.92 Å². The summed E-state index contributed by atoms with van der Waals surface area (Å²) in [5.41, 5.74) is 0. The first-order valence-corrected chi connectivity index (χ1v) is 4.56. The third-order valence-corrected chi connectivity index (χ3v) is 0. The third kappa shape index (κ3) is 17900. The molecule has 1 atom stereocenters. The minimum absolute atomic E-state index is 0.833. The van der Waals surface area contributed by atoms with Crippen LogP contribution in [0.3, 0.4) is 0 Å². The highest BCUT2D eigenvalue weighted by Gasteiger charge is 1.35. The summed E-state index contributed by atoms with van der Waals surface area (Å²) in [7, 11) is 0.912. The first-order chi connectivity index (χ1) is 6.24. The predicted molar refractivity (Wildman–Crippen MR) is 53.4 cm³/mol. The van der Waals surface area contributed by atoms with Crippen molar-refractivity contribution in [2.45, 2.75) is 6.92 Å². The van der Waals surface area contributed by atoms with E-state index in [-0.39, 0.29) is 0 Å². The minimum atomic E-state index is -0.833. The van der Waals surface area contributed by atoms with Crippen LogP contribution in [0.25, 0.3) is 0 Å². The third-order valence-electron chi connectivity index (χ3n) is 0. The molecule has 0 fully saturated rings. The fraction of sp³-hybridized carbons (Fsp3) is 1.00. The highest BCUT2D eigenvalue weighted by Crippen LogP contribution is 1.68. The van der Waals surface area contributed by atoms with Crippen LogP contribution in [0.15, 0.2) is 0 Å². The molecule has 0 heterocycles. The van der Waals surface area contributed by atoms with Gasteiger partial charge in [0.05, 0.1) is 0 Å². The van der Waals surface area contributed by atoms with Gasteiger partial charge in [0.25, 0.3) is 0 Å². The van der Waals surface area contributed by atoms with Crippen molar-refractivity contribution in [2.24, 2.45) is 0 Å². The van der Waals surface area contributed by atoms with E-state index in [1.807, 2.05) is 0 Å². The van der Waals surface area contributed by atoms with E-state index in [1.165, 1.54) is 6.16 Å². The minimum Gasteiger partial charge on any atom is -0.310 e. The van der Waals surface area contributed by atoms with Gasteiger partial charge in [0.2, 0.25) is 0 Å². The van der Waals surface area contributed by atoms with Crippen molar-refractivity contribution in [1.82, 2.24) is 0 Å². The zero-order chi connectivity index (χ0) is 12.1. The first kappa shape index (κ1) is 29.3. The standard InChI is InChI=1S/C2H7P.2HO2P.2O2/c1-2-3;2*1-3-2;2*1-2/h2-3H2,1H3;2*(H,1,2);;. The van der Waals surface area contributed by atoms with Gasteiger partial charge in [-0.15, -0.1) is 9.24 Å². The summed E-state index contributed by atoms with van der Waals surface area (Å²) < 4.78 is 16.9. The lowest BCUT2D eigenvalue weighted by Gasteiger charge is -1.48. The molecule has 0 aliphatic rings. The van der Waals surface area contributed by atoms with E-state index in [1.54, 1.807) is 0 Å². The lowest BCUT2D eigenvalue weighted by atomic mass is 11.0. The van der Waals surface area contributed by atoms with Crippen molar-refractivity contribution in [3.8, 4) is 0 Å². The van der Waals surface area contributed by atoms with Crippen molar-refractivity contribution < 1.29 is 18.9 Å². The van der Waals surface area contributed by atoms with Crippen LogP contribution >= 0.6 is 26.6 Å². The summed E-state index contributed by atoms with van der Waals surface area (Å²) in [5, 5.41) is 0. The van der Waals surface area contributed by atoms with Crippen molar-refractivity contribution in [3.05, 3.63) is 19.9 Å². The normalized spacial score (nSPS) is 5.23. The molecule has 0 spiro atoms. The Labute approximate surface area is 79.3 Å². The zero-order valence-corrected chi connectivity index (χ0v) is 9.47. The molecule has 11 heteroatoms. The quantitative estimate of drug-likeness (QED) is 0.617. The fourth-order valence-electron chi connectivity index (χ4n) is 0. The highest BCUT2D eigenvalue weighted by molar-refractivity contribution is 7.16. The molecule has 8 nitrogen and oxygen atoms in total. The Morgan fingerprint density at radius 3 is 1.00 bits per heavy atom. The molecule has 80 valence electrons. The topological polar surface area (TPSA) is 143 Å². The molecule has 0 aromatic carbocycles. The monoisotopic (exact) mass is 254 g/mol. The van der Waals surface area contributed by atoms with Crippen LogP contribution in [0.1, 0.15) is 6.92 Å². The average Bonchev–Trinajstić information content (AvgIpc) is 2.14. The second kappa shape index (κ2) is 180. The molecule has 0 aromatic heterocycles. The van der Waals surface area contributed by atoms with Crippen LogP contribution in [0.2, 0.25) is 0 Å². The van der Waals surface area contributed by atoms with Gasteiger partial charge in [0.1, 0.15) is 0 Å². The molecular formula is C2H9O8P3. The van der Waals surface area contributed by atoms with Gasteiger partial charge in [-0.05, 0) is 6.16 Å². The highest BCUT2D eigenvalue weighted by atomic mass is 31.1. The predicted octanol–water partition coefficient (Wildman–Crippen LogP) is 1.39. The number of hydrogen-bond acceptors (Lipinski definition) is 6. The maximum absolute atomic E-state index is 8.46. The van der Waals surface area contributed by atoms with Crippen LogP contribution in [0.5, 0.6) is 0 Å². The van der Waals surface area contributed by atoms with Gasteiger partial charge in [-0.25, -0.2) is 9.13 Å². The van der Waals surface area contributed by atoms with Crippen LogP contribution in [-0.4, -0.2) is 15.9 Å². The Hall–Kier alpha value is -0.250. The van der Waals surface area contributed by atoms with E-state index in [0.717, 1.165) is 0 Å². The second-order valence-electron chi connectivity index (χ2n) is 0.572. The Balaban J connectivity index is -0.0000000208. The SMILES string of the molecule is CCP.O=O.O=O.O=PO.O=PO. The second-order valence-corrected chi connectivity index (χ2v) is 1.71. The molecule has 0 aromatic rings.